The van der Waals surface area contributed by atoms with Gasteiger partial charge >= 0.3 is 0 Å². The van der Waals surface area contributed by atoms with Gasteiger partial charge in [-0.1, -0.05) is 11.6 Å². The van der Waals surface area contributed by atoms with Gasteiger partial charge < -0.3 is 10.7 Å². The molecule has 2 aromatic rings. The van der Waals surface area contributed by atoms with Crippen LogP contribution in [0.5, 0.6) is 0 Å². The van der Waals surface area contributed by atoms with Gasteiger partial charge in [0.2, 0.25) is 0 Å². The smallest absolute Gasteiger partial charge is 0.255 e. The van der Waals surface area contributed by atoms with E-state index in [2.05, 4.69) is 38.3 Å². The van der Waals surface area contributed by atoms with Crippen LogP contribution < -0.4 is 16.6 Å². The Balaban J connectivity index is 2.26. The van der Waals surface area contributed by atoms with Crippen molar-refractivity contribution in [2.24, 2.45) is 5.84 Å². The van der Waals surface area contributed by atoms with E-state index < -0.39 is 0 Å². The number of amides is 1. The standard InChI is InChI=1S/C13H12ClIN4O/c1-7-4-8(5-12(17-7)19-16)13(20)18-11-3-2-9(15)6-10(11)14/h2-6H,16H2,1H3,(H,17,19)(H,18,20). The van der Waals surface area contributed by atoms with Gasteiger partial charge in [-0.3, -0.25) is 4.79 Å². The summed E-state index contributed by atoms with van der Waals surface area (Å²) < 4.78 is 1.000. The van der Waals surface area contributed by atoms with Gasteiger partial charge in [0.15, 0.2) is 0 Å². The zero-order chi connectivity index (χ0) is 14.7. The number of nitrogens with one attached hydrogen (secondary N) is 2. The second kappa shape index (κ2) is 6.38. The number of anilines is 2. The number of halogens is 2. The average molecular weight is 403 g/mol. The monoisotopic (exact) mass is 402 g/mol. The van der Waals surface area contributed by atoms with E-state index in [0.717, 1.165) is 3.57 Å². The molecule has 5 nitrogen and oxygen atoms in total. The lowest BCUT2D eigenvalue weighted by Gasteiger charge is -2.09. The lowest BCUT2D eigenvalue weighted by atomic mass is 10.2. The van der Waals surface area contributed by atoms with E-state index in [1.54, 1.807) is 31.2 Å². The van der Waals surface area contributed by atoms with Crippen molar-refractivity contribution in [3.05, 3.63) is 50.2 Å². The Hall–Kier alpha value is -1.38. The first-order valence-electron chi connectivity index (χ1n) is 5.71. The van der Waals surface area contributed by atoms with Gasteiger partial charge in [0, 0.05) is 14.8 Å². The van der Waals surface area contributed by atoms with Crippen LogP contribution in [0.25, 0.3) is 0 Å². The Morgan fingerprint density at radius 3 is 2.75 bits per heavy atom. The van der Waals surface area contributed by atoms with Gasteiger partial charge in [-0.25, -0.2) is 10.8 Å². The molecular formula is C13H12ClIN4O. The molecule has 0 aliphatic rings. The molecule has 0 spiro atoms. The number of carbonyl (C=O) groups is 1. The second-order valence-corrected chi connectivity index (χ2v) is 5.76. The van der Waals surface area contributed by atoms with E-state index in [0.29, 0.717) is 27.8 Å². The molecule has 2 rings (SSSR count). The molecule has 1 amide bonds. The molecule has 0 unspecified atom stereocenters. The lowest BCUT2D eigenvalue weighted by molar-refractivity contribution is 0.102. The number of hydrogen-bond donors (Lipinski definition) is 3. The normalized spacial score (nSPS) is 10.2. The zero-order valence-corrected chi connectivity index (χ0v) is 13.5. The predicted molar refractivity (Wildman–Crippen MR) is 88.9 cm³/mol. The lowest BCUT2D eigenvalue weighted by Crippen LogP contribution is -2.15. The quantitative estimate of drug-likeness (QED) is 0.418. The van der Waals surface area contributed by atoms with Crippen LogP contribution in [0.1, 0.15) is 16.1 Å². The highest BCUT2D eigenvalue weighted by Crippen LogP contribution is 2.24. The summed E-state index contributed by atoms with van der Waals surface area (Å²) in [6.45, 7) is 1.79. The molecule has 104 valence electrons. The average Bonchev–Trinajstić information content (AvgIpc) is 2.41. The third-order valence-electron chi connectivity index (χ3n) is 2.54. The van der Waals surface area contributed by atoms with Gasteiger partial charge in [-0.2, -0.15) is 0 Å². The van der Waals surface area contributed by atoms with E-state index in [1.165, 1.54) is 0 Å². The molecular weight excluding hydrogens is 391 g/mol. The predicted octanol–water partition coefficient (Wildman–Crippen LogP) is 3.19. The zero-order valence-electron chi connectivity index (χ0n) is 10.6. The minimum absolute atomic E-state index is 0.268. The van der Waals surface area contributed by atoms with Crippen LogP contribution in [-0.4, -0.2) is 10.9 Å². The summed E-state index contributed by atoms with van der Waals surface area (Å²) in [6.07, 6.45) is 0. The molecule has 0 aliphatic heterocycles. The topological polar surface area (TPSA) is 80.0 Å². The third-order valence-corrected chi connectivity index (χ3v) is 3.53. The van der Waals surface area contributed by atoms with Crippen LogP contribution >= 0.6 is 34.2 Å². The van der Waals surface area contributed by atoms with Crippen molar-refractivity contribution in [3.63, 3.8) is 0 Å². The van der Waals surface area contributed by atoms with Crippen molar-refractivity contribution < 1.29 is 4.79 Å². The highest BCUT2D eigenvalue weighted by molar-refractivity contribution is 14.1. The number of nitrogen functional groups attached to an aromatic ring is 1. The molecule has 1 aromatic carbocycles. The maximum Gasteiger partial charge on any atom is 0.255 e. The summed E-state index contributed by atoms with van der Waals surface area (Å²) in [6, 6.07) is 8.66. The summed E-state index contributed by atoms with van der Waals surface area (Å²) in [7, 11) is 0. The number of hydrogen-bond acceptors (Lipinski definition) is 4. The molecule has 0 saturated carbocycles. The van der Waals surface area contributed by atoms with Gasteiger partial charge in [0.05, 0.1) is 10.7 Å². The van der Waals surface area contributed by atoms with Crippen molar-refractivity contribution in [3.8, 4) is 0 Å². The largest absolute Gasteiger partial charge is 0.321 e. The molecule has 0 fully saturated rings. The highest BCUT2D eigenvalue weighted by Gasteiger charge is 2.10. The number of aryl methyl sites for hydroxylation is 1. The van der Waals surface area contributed by atoms with E-state index in [4.69, 9.17) is 17.4 Å². The third kappa shape index (κ3) is 3.59. The highest BCUT2D eigenvalue weighted by atomic mass is 127. The maximum absolute atomic E-state index is 12.2. The number of pyridine rings is 1. The Labute approximate surface area is 135 Å². The maximum atomic E-state index is 12.2. The van der Waals surface area contributed by atoms with Gasteiger partial charge in [0.25, 0.3) is 5.91 Å². The fourth-order valence-corrected chi connectivity index (χ4v) is 2.56. The van der Waals surface area contributed by atoms with Crippen molar-refractivity contribution >= 4 is 51.6 Å². The second-order valence-electron chi connectivity index (χ2n) is 4.11. The van der Waals surface area contributed by atoms with Crippen LogP contribution in [0, 0.1) is 10.5 Å². The Bertz CT molecular complexity index is 663. The van der Waals surface area contributed by atoms with E-state index in [1.807, 2.05) is 6.07 Å². The molecule has 0 aliphatic carbocycles. The number of aromatic nitrogens is 1. The van der Waals surface area contributed by atoms with Crippen LogP contribution in [-0.2, 0) is 0 Å². The van der Waals surface area contributed by atoms with Crippen molar-refractivity contribution in [2.45, 2.75) is 6.92 Å². The molecule has 0 radical (unpaired) electrons. The first kappa shape index (κ1) is 15.0. The number of rotatable bonds is 3. The number of benzene rings is 1. The van der Waals surface area contributed by atoms with Crippen molar-refractivity contribution in [1.82, 2.24) is 4.98 Å². The summed E-state index contributed by atoms with van der Waals surface area (Å²) in [4.78, 5) is 16.3. The fourth-order valence-electron chi connectivity index (χ4n) is 1.66. The Morgan fingerprint density at radius 1 is 1.35 bits per heavy atom. The molecule has 20 heavy (non-hydrogen) atoms. The Morgan fingerprint density at radius 2 is 2.10 bits per heavy atom. The molecule has 0 saturated heterocycles. The number of nitrogens with zero attached hydrogens (tertiary/aromatic N) is 1. The summed E-state index contributed by atoms with van der Waals surface area (Å²) in [5, 5.41) is 3.26. The SMILES string of the molecule is Cc1cc(C(=O)Nc2ccc(I)cc2Cl)cc(NN)n1. The molecule has 7 heteroatoms. The molecule has 0 bridgehead atoms. The van der Waals surface area contributed by atoms with E-state index >= 15 is 0 Å². The van der Waals surface area contributed by atoms with Crippen molar-refractivity contribution in [2.75, 3.05) is 10.7 Å². The van der Waals surface area contributed by atoms with Crippen LogP contribution in [0.15, 0.2) is 30.3 Å². The van der Waals surface area contributed by atoms with E-state index in [9.17, 15) is 4.79 Å². The van der Waals surface area contributed by atoms with Crippen LogP contribution in [0.2, 0.25) is 5.02 Å². The fraction of sp³-hybridized carbons (Fsp3) is 0.0769. The van der Waals surface area contributed by atoms with Crippen LogP contribution in [0.4, 0.5) is 11.5 Å². The number of hydrazine groups is 1. The number of nitrogens with two attached hydrogens (primary N) is 1. The molecule has 4 N–H and O–H groups in total. The minimum Gasteiger partial charge on any atom is -0.321 e. The van der Waals surface area contributed by atoms with Gasteiger partial charge in [0.1, 0.15) is 5.82 Å². The molecule has 0 atom stereocenters. The molecule has 1 heterocycles. The number of carbonyl (C=O) groups excluding carboxylic acids is 1. The van der Waals surface area contributed by atoms with Gasteiger partial charge in [-0.15, -0.1) is 0 Å². The van der Waals surface area contributed by atoms with Gasteiger partial charge in [-0.05, 0) is 59.8 Å². The summed E-state index contributed by atoms with van der Waals surface area (Å²) in [5.74, 6) is 5.48. The molecule has 1 aromatic heterocycles. The van der Waals surface area contributed by atoms with E-state index in [-0.39, 0.29) is 5.91 Å². The summed E-state index contributed by atoms with van der Waals surface area (Å²) >= 11 is 8.24. The van der Waals surface area contributed by atoms with Crippen molar-refractivity contribution in [1.29, 1.82) is 0 Å². The first-order chi connectivity index (χ1) is 9.49. The Kier molecular flexibility index (Phi) is 4.79. The van der Waals surface area contributed by atoms with Crippen LogP contribution in [0.3, 0.4) is 0 Å². The first-order valence-corrected chi connectivity index (χ1v) is 7.17. The minimum atomic E-state index is -0.268. The summed E-state index contributed by atoms with van der Waals surface area (Å²) in [5.41, 5.74) is 4.14.